The van der Waals surface area contributed by atoms with Gasteiger partial charge in [-0.25, -0.2) is 14.6 Å². The zero-order valence-corrected chi connectivity index (χ0v) is 33.8. The fourth-order valence-corrected chi connectivity index (χ4v) is 9.83. The highest BCUT2D eigenvalue weighted by Gasteiger charge is 2.64. The first kappa shape index (κ1) is 39.2. The molecule has 1 unspecified atom stereocenters. The summed E-state index contributed by atoms with van der Waals surface area (Å²) in [7, 11) is 0. The Morgan fingerprint density at radius 1 is 0.966 bits per heavy atom. The van der Waals surface area contributed by atoms with Gasteiger partial charge in [-0.15, -0.1) is 0 Å². The van der Waals surface area contributed by atoms with Crippen molar-refractivity contribution >= 4 is 51.7 Å². The lowest BCUT2D eigenvalue weighted by Crippen LogP contribution is -2.74. The van der Waals surface area contributed by atoms with E-state index in [-0.39, 0.29) is 53.2 Å². The van der Waals surface area contributed by atoms with Gasteiger partial charge in [-0.3, -0.25) is 29.4 Å². The second-order valence-corrected chi connectivity index (χ2v) is 17.5. The third-order valence-corrected chi connectivity index (χ3v) is 12.8. The summed E-state index contributed by atoms with van der Waals surface area (Å²) in [4.78, 5) is 66.8. The van der Waals surface area contributed by atoms with Gasteiger partial charge in [0.05, 0.1) is 27.7 Å². The van der Waals surface area contributed by atoms with Crippen LogP contribution in [0.4, 0.5) is 11.6 Å². The highest BCUT2D eigenvalue weighted by Crippen LogP contribution is 2.55. The average molecular weight is 807 g/mol. The molecular weight excluding hydrogens is 760 g/mol. The van der Waals surface area contributed by atoms with E-state index in [9.17, 15) is 24.4 Å². The number of hydrogen-bond donors (Lipinski definition) is 2. The summed E-state index contributed by atoms with van der Waals surface area (Å²) in [6, 6.07) is 11.9. The van der Waals surface area contributed by atoms with Gasteiger partial charge in [-0.1, -0.05) is 39.3 Å². The van der Waals surface area contributed by atoms with Gasteiger partial charge in [0.25, 0.3) is 17.4 Å². The molecule has 3 saturated heterocycles. The molecule has 0 spiro atoms. The van der Waals surface area contributed by atoms with Gasteiger partial charge < -0.3 is 19.9 Å². The smallest absolute Gasteiger partial charge is 0.275 e. The van der Waals surface area contributed by atoms with Crippen LogP contribution in [-0.4, -0.2) is 100 Å². The molecule has 15 nitrogen and oxygen atoms in total. The van der Waals surface area contributed by atoms with Crippen LogP contribution in [0.15, 0.2) is 59.8 Å². The van der Waals surface area contributed by atoms with Crippen molar-refractivity contribution in [2.75, 3.05) is 55.6 Å². The van der Waals surface area contributed by atoms with E-state index in [0.717, 1.165) is 57.9 Å². The molecule has 2 N–H and O–H groups in total. The van der Waals surface area contributed by atoms with Gasteiger partial charge >= 0.3 is 0 Å². The predicted octanol–water partition coefficient (Wildman–Crippen LogP) is 3.95. The molecule has 0 radical (unpaired) electrons. The largest absolute Gasteiger partial charge is 0.489 e. The summed E-state index contributed by atoms with van der Waals surface area (Å²) in [5.74, 6) is 0.610. The van der Waals surface area contributed by atoms with Crippen molar-refractivity contribution in [1.82, 2.24) is 35.3 Å². The van der Waals surface area contributed by atoms with Crippen LogP contribution in [0.5, 0.6) is 5.75 Å². The lowest BCUT2D eigenvalue weighted by Gasteiger charge is -2.63. The van der Waals surface area contributed by atoms with Crippen LogP contribution in [0, 0.1) is 28.1 Å². The molecule has 3 amide bonds. The summed E-state index contributed by atoms with van der Waals surface area (Å²) in [6.45, 7) is 14.5. The first-order valence-corrected chi connectivity index (χ1v) is 20.2. The van der Waals surface area contributed by atoms with E-state index in [4.69, 9.17) is 16.3 Å². The maximum atomic E-state index is 13.4. The number of amides is 3. The van der Waals surface area contributed by atoms with Gasteiger partial charge in [0.2, 0.25) is 11.9 Å². The molecule has 2 atom stereocenters. The van der Waals surface area contributed by atoms with Crippen molar-refractivity contribution in [3.63, 3.8) is 0 Å². The molecule has 4 aromatic rings. The Morgan fingerprint density at radius 2 is 1.71 bits per heavy atom. The number of benzene rings is 2. The number of fused-ring (bicyclic) bond motifs is 1. The Hall–Kier alpha value is -5.59. The minimum Gasteiger partial charge on any atom is -0.489 e. The van der Waals surface area contributed by atoms with Crippen molar-refractivity contribution in [2.45, 2.75) is 65.1 Å². The molecule has 0 bridgehead atoms. The normalized spacial score (nSPS) is 24.2. The second kappa shape index (κ2) is 15.3. The zero-order valence-electron chi connectivity index (χ0n) is 33.1. The van der Waals surface area contributed by atoms with Crippen molar-refractivity contribution in [3.05, 3.63) is 81.5 Å². The van der Waals surface area contributed by atoms with Crippen LogP contribution in [0.3, 0.4) is 0 Å². The first-order chi connectivity index (χ1) is 27.7. The number of halogens is 1. The monoisotopic (exact) mass is 806 g/mol. The molecule has 302 valence electrons. The van der Waals surface area contributed by atoms with E-state index in [2.05, 4.69) is 74.2 Å². The molecule has 58 heavy (non-hydrogen) atoms. The summed E-state index contributed by atoms with van der Waals surface area (Å²) in [6.07, 6.45) is 6.08. The average Bonchev–Trinajstić information content (AvgIpc) is 3.68. The molecule has 1 aliphatic carbocycles. The molecule has 3 aliphatic heterocycles. The number of anilines is 2. The van der Waals surface area contributed by atoms with Crippen molar-refractivity contribution < 1.29 is 19.1 Å². The molecule has 4 fully saturated rings. The number of aromatic nitrogens is 4. The number of piperidine rings is 1. The predicted molar refractivity (Wildman–Crippen MR) is 218 cm³/mol. The molecule has 8 rings (SSSR count). The van der Waals surface area contributed by atoms with E-state index in [1.165, 1.54) is 4.68 Å². The third kappa shape index (κ3) is 7.35. The number of piperazine rings is 1. The molecule has 2 aromatic heterocycles. The van der Waals surface area contributed by atoms with Gasteiger partial charge in [0, 0.05) is 98.6 Å². The minimum atomic E-state index is -0.792. The standard InChI is InChI=1S/C42H47ClN10O5/c1-41(2)38(42(3,4)39(41)58-30-7-5-26(19-44)32(43)18-30)49-35(55)28-20-45-40(46-21-28)52-12-11-25(24-52)23-50-13-15-51(16-14-50)29-6-8-31-27(17-29)22-47-53(37(31)57)33-9-10-34(54)48-36(33)56/h5-8,17-18,20-22,25,33,38-39H,9-16,23-24H2,1-4H3,(H,49,55)(H,48,54,56)/t25?,33-,38-,39-/m1/s1. The number of nitrogens with zero attached hydrogens (tertiary/aromatic N) is 8. The Labute approximate surface area is 341 Å². The topological polar surface area (TPSA) is 179 Å². The summed E-state index contributed by atoms with van der Waals surface area (Å²) in [5.41, 5.74) is 0.702. The number of rotatable bonds is 9. The van der Waals surface area contributed by atoms with Gasteiger partial charge in [0.15, 0.2) is 0 Å². The lowest BCUT2D eigenvalue weighted by molar-refractivity contribution is -0.164. The number of nitriles is 1. The molecule has 1 saturated carbocycles. The van der Waals surface area contributed by atoms with Crippen molar-refractivity contribution in [2.24, 2.45) is 16.7 Å². The summed E-state index contributed by atoms with van der Waals surface area (Å²) >= 11 is 6.24. The SMILES string of the molecule is CC1(C)[C@H](NC(=O)c2cnc(N3CCC(CN4CCN(c5ccc6c(=O)n([C@@H]7CCC(=O)NC7=O)ncc6c5)CC4)C3)nc2)C(C)(C)[C@H]1Oc1ccc(C#N)c(Cl)c1. The van der Waals surface area contributed by atoms with Crippen LogP contribution >= 0.6 is 11.6 Å². The number of carbonyl (C=O) groups excluding carboxylic acids is 3. The quantitative estimate of drug-likeness (QED) is 0.233. The van der Waals surface area contributed by atoms with E-state index < -0.39 is 11.9 Å². The molecule has 16 heteroatoms. The van der Waals surface area contributed by atoms with Crippen LogP contribution in [0.1, 0.15) is 68.9 Å². The third-order valence-electron chi connectivity index (χ3n) is 12.5. The van der Waals surface area contributed by atoms with E-state index in [0.29, 0.717) is 44.5 Å². The maximum Gasteiger partial charge on any atom is 0.275 e. The minimum absolute atomic E-state index is 0.176. The fraction of sp³-hybridized carbons (Fsp3) is 0.476. The maximum absolute atomic E-state index is 13.4. The molecule has 4 aliphatic rings. The molecule has 5 heterocycles. The van der Waals surface area contributed by atoms with Crippen molar-refractivity contribution in [3.8, 4) is 11.8 Å². The highest BCUT2D eigenvalue weighted by atomic mass is 35.5. The molecular formula is C42H47ClN10O5. The van der Waals surface area contributed by atoms with Crippen LogP contribution in [0.2, 0.25) is 5.02 Å². The van der Waals surface area contributed by atoms with E-state index >= 15 is 0 Å². The first-order valence-electron chi connectivity index (χ1n) is 19.8. The molecule has 2 aromatic carbocycles. The Kier molecular flexibility index (Phi) is 10.4. The summed E-state index contributed by atoms with van der Waals surface area (Å²) < 4.78 is 7.55. The van der Waals surface area contributed by atoms with Crippen LogP contribution in [0.25, 0.3) is 10.8 Å². The summed E-state index contributed by atoms with van der Waals surface area (Å²) in [5, 5.41) is 20.6. The van der Waals surface area contributed by atoms with E-state index in [1.54, 1.807) is 42.9 Å². The lowest BCUT2D eigenvalue weighted by atomic mass is 9.49. The number of ether oxygens (including phenoxy) is 1. The number of hydrogen-bond acceptors (Lipinski definition) is 12. The number of nitrogens with one attached hydrogen (secondary N) is 2. The fourth-order valence-electron chi connectivity index (χ4n) is 9.62. The van der Waals surface area contributed by atoms with Crippen LogP contribution in [-0.2, 0) is 9.59 Å². The van der Waals surface area contributed by atoms with Crippen LogP contribution < -0.4 is 30.7 Å². The number of carbonyl (C=O) groups is 3. The second-order valence-electron chi connectivity index (χ2n) is 17.1. The Balaban J connectivity index is 0.812. The van der Waals surface area contributed by atoms with Gasteiger partial charge in [-0.2, -0.15) is 10.4 Å². The van der Waals surface area contributed by atoms with E-state index in [1.807, 2.05) is 12.1 Å². The highest BCUT2D eigenvalue weighted by molar-refractivity contribution is 6.31. The number of imide groups is 1. The Morgan fingerprint density at radius 3 is 2.40 bits per heavy atom. The van der Waals surface area contributed by atoms with Crippen molar-refractivity contribution in [1.29, 1.82) is 5.26 Å². The van der Waals surface area contributed by atoms with Gasteiger partial charge in [-0.05, 0) is 49.1 Å². The Bertz CT molecular complexity index is 2350. The van der Waals surface area contributed by atoms with Gasteiger partial charge in [0.1, 0.15) is 24.0 Å². The zero-order chi connectivity index (χ0) is 40.9.